The van der Waals surface area contributed by atoms with E-state index in [0.29, 0.717) is 0 Å². The van der Waals surface area contributed by atoms with Crippen molar-refractivity contribution in [3.8, 4) is 0 Å². The molecule has 0 spiro atoms. The lowest BCUT2D eigenvalue weighted by atomic mass is 9.97. The van der Waals surface area contributed by atoms with E-state index in [1.807, 2.05) is 152 Å². The molecular weight excluding hydrogens is 1270 g/mol. The van der Waals surface area contributed by atoms with Crippen LogP contribution in [0.15, 0.2) is 243 Å². The maximum absolute atomic E-state index is 14.8. The predicted octanol–water partition coefficient (Wildman–Crippen LogP) is 11.5. The lowest BCUT2D eigenvalue weighted by Crippen LogP contribution is -2.62. The van der Waals surface area contributed by atoms with Gasteiger partial charge in [0.15, 0.2) is 43.0 Å². The molecule has 4 saturated heterocycles. The molecule has 0 bridgehead atoms. The Morgan fingerprint density at radius 1 is 0.394 bits per heavy atom. The summed E-state index contributed by atoms with van der Waals surface area (Å²) in [4.78, 5) is 56.5. The molecule has 8 aromatic carbocycles. The maximum atomic E-state index is 14.8. The van der Waals surface area contributed by atoms with E-state index in [0.717, 1.165) is 27.8 Å². The topological polar surface area (TPSA) is 216 Å². The van der Waals surface area contributed by atoms with E-state index in [2.05, 4.69) is 0 Å². The largest absolute Gasteiger partial charge is 0.462 e. The van der Waals surface area contributed by atoms with Crippen molar-refractivity contribution in [2.24, 2.45) is 0 Å². The predicted molar refractivity (Wildman–Crippen MR) is 357 cm³/mol. The zero-order valence-electron chi connectivity index (χ0n) is 55.1. The third-order valence-corrected chi connectivity index (χ3v) is 17.1. The summed E-state index contributed by atoms with van der Waals surface area (Å²) in [6.07, 6.45) is -18.9. The second-order valence-electron chi connectivity index (χ2n) is 24.7. The first-order chi connectivity index (χ1) is 48.4. The Kier molecular flexibility index (Phi) is 24.3. The van der Waals surface area contributed by atoms with E-state index in [9.17, 15) is 19.2 Å². The molecule has 15 atom stereocenters. The highest BCUT2D eigenvalue weighted by Gasteiger charge is 2.61. The van der Waals surface area contributed by atoms with Gasteiger partial charge >= 0.3 is 23.9 Å². The number of benzene rings is 8. The molecule has 20 heteroatoms. The minimum absolute atomic E-state index is 0.00207. The van der Waals surface area contributed by atoms with Crippen LogP contribution in [-0.4, -0.2) is 142 Å². The van der Waals surface area contributed by atoms with Gasteiger partial charge in [0.2, 0.25) is 0 Å². The van der Waals surface area contributed by atoms with Crippen LogP contribution in [0.1, 0.15) is 79.7 Å². The number of esters is 4. The lowest BCUT2D eigenvalue weighted by Gasteiger charge is -2.46. The van der Waals surface area contributed by atoms with Gasteiger partial charge in [-0.05, 0) is 78.1 Å². The first kappa shape index (κ1) is 70.0. The molecule has 8 aromatic rings. The van der Waals surface area contributed by atoms with Gasteiger partial charge in [-0.3, -0.25) is 4.79 Å². The van der Waals surface area contributed by atoms with Crippen molar-refractivity contribution < 1.29 is 95.0 Å². The molecule has 0 aromatic heterocycles. The lowest BCUT2D eigenvalue weighted by molar-refractivity contribution is -0.337. The van der Waals surface area contributed by atoms with Crippen molar-refractivity contribution in [1.82, 2.24) is 0 Å². The fourth-order valence-corrected chi connectivity index (χ4v) is 12.2. The smallest absolute Gasteiger partial charge is 0.338 e. The Labute approximate surface area is 575 Å². The highest BCUT2D eigenvalue weighted by molar-refractivity contribution is 5.91. The van der Waals surface area contributed by atoms with Crippen molar-refractivity contribution in [3.05, 3.63) is 287 Å². The summed E-state index contributed by atoms with van der Waals surface area (Å²) in [5, 5.41) is 0. The second-order valence-corrected chi connectivity index (χ2v) is 24.7. The van der Waals surface area contributed by atoms with Gasteiger partial charge in [-0.2, -0.15) is 0 Å². The molecule has 0 amide bonds. The standard InChI is InChI=1S/C79H80O20/c1-52(80)85-50-62(91-73(81)58-38-22-9-23-39-58)66-69(94-74(82)59-40-24-10-25-41-59)71(95-75(83)60-42-26-11-27-43-60)77(96-66)93-63(65-68(88-47-56-34-18-7-19-35-56)72-78(97-65)99-79(2,3)98-72)51-90-76-70(89-48-57-36-20-8-21-37-57)67(87-46-55-32-16-6-17-33-55)64(86-45-54-30-14-5-15-31-54)61(92-76)49-84-44-53-28-12-4-13-29-53/h4-43,61-72,76-78H,44-51H2,1-3H3/t61-,62-,63-,64+,65+,66+,67+,68+,69+,70-,71-,72-,76+,77-,78-/m1/s1. The molecule has 4 fully saturated rings. The van der Waals surface area contributed by atoms with Crippen LogP contribution in [0.4, 0.5) is 0 Å². The Hall–Kier alpha value is -8.84. The zero-order valence-corrected chi connectivity index (χ0v) is 55.1. The fraction of sp³-hybridized carbons (Fsp3) is 0.342. The van der Waals surface area contributed by atoms with Crippen LogP contribution < -0.4 is 0 Å². The minimum atomic E-state index is -1.77. The summed E-state index contributed by atoms with van der Waals surface area (Å²) >= 11 is 0. The number of hydrogen-bond donors (Lipinski definition) is 0. The Morgan fingerprint density at radius 3 is 1.29 bits per heavy atom. The number of fused-ring (bicyclic) bond motifs is 1. The molecule has 20 nitrogen and oxygen atoms in total. The summed E-state index contributed by atoms with van der Waals surface area (Å²) < 4.78 is 108. The summed E-state index contributed by atoms with van der Waals surface area (Å²) in [6.45, 7) is 4.33. The second kappa shape index (κ2) is 34.3. The van der Waals surface area contributed by atoms with Crippen LogP contribution in [0, 0.1) is 0 Å². The van der Waals surface area contributed by atoms with Crippen molar-refractivity contribution >= 4 is 23.9 Å². The molecule has 4 aliphatic rings. The van der Waals surface area contributed by atoms with Gasteiger partial charge in [0.05, 0.1) is 62.9 Å². The third kappa shape index (κ3) is 18.9. The van der Waals surface area contributed by atoms with Crippen molar-refractivity contribution in [1.29, 1.82) is 0 Å². The van der Waals surface area contributed by atoms with E-state index in [1.165, 1.54) is 6.92 Å². The van der Waals surface area contributed by atoms with Gasteiger partial charge in [-0.15, -0.1) is 0 Å². The van der Waals surface area contributed by atoms with Gasteiger partial charge in [0, 0.05) is 6.92 Å². The van der Waals surface area contributed by atoms with Crippen LogP contribution in [0.3, 0.4) is 0 Å². The molecule has 4 aliphatic heterocycles. The van der Waals surface area contributed by atoms with E-state index in [1.54, 1.807) is 105 Å². The number of carbonyl (C=O) groups excluding carboxylic acids is 4. The van der Waals surface area contributed by atoms with Crippen molar-refractivity contribution in [2.45, 2.75) is 152 Å². The highest BCUT2D eigenvalue weighted by Crippen LogP contribution is 2.43. The van der Waals surface area contributed by atoms with E-state index >= 15 is 0 Å². The Bertz CT molecular complexity index is 3790. The number of carbonyl (C=O) groups is 4. The van der Waals surface area contributed by atoms with Crippen LogP contribution in [0.25, 0.3) is 0 Å². The molecule has 516 valence electrons. The Morgan fingerprint density at radius 2 is 0.808 bits per heavy atom. The van der Waals surface area contributed by atoms with Gasteiger partial charge in [-0.25, -0.2) is 14.4 Å². The summed E-state index contributed by atoms with van der Waals surface area (Å²) in [6, 6.07) is 72.8. The fourth-order valence-electron chi connectivity index (χ4n) is 12.2. The van der Waals surface area contributed by atoms with E-state index in [-0.39, 0.29) is 56.3 Å². The molecule has 12 rings (SSSR count). The average molecular weight is 1350 g/mol. The van der Waals surface area contributed by atoms with Crippen molar-refractivity contribution in [2.75, 3.05) is 19.8 Å². The molecule has 0 aliphatic carbocycles. The third-order valence-electron chi connectivity index (χ3n) is 17.1. The first-order valence-corrected chi connectivity index (χ1v) is 33.1. The zero-order chi connectivity index (χ0) is 68.3. The molecule has 99 heavy (non-hydrogen) atoms. The van der Waals surface area contributed by atoms with E-state index in [4.69, 9.17) is 75.8 Å². The van der Waals surface area contributed by atoms with Crippen LogP contribution in [0.5, 0.6) is 0 Å². The van der Waals surface area contributed by atoms with Gasteiger partial charge in [0.25, 0.3) is 0 Å². The monoisotopic (exact) mass is 1350 g/mol. The number of ether oxygens (including phenoxy) is 16. The summed E-state index contributed by atoms with van der Waals surface area (Å²) in [7, 11) is 0. The van der Waals surface area contributed by atoms with Gasteiger partial charge < -0.3 is 75.8 Å². The van der Waals surface area contributed by atoms with Crippen LogP contribution >= 0.6 is 0 Å². The van der Waals surface area contributed by atoms with Crippen LogP contribution in [-0.2, 0) is 114 Å². The molecule has 0 saturated carbocycles. The van der Waals surface area contributed by atoms with Crippen molar-refractivity contribution in [3.63, 3.8) is 0 Å². The maximum Gasteiger partial charge on any atom is 0.338 e. The van der Waals surface area contributed by atoms with Gasteiger partial charge in [-0.1, -0.05) is 206 Å². The first-order valence-electron chi connectivity index (χ1n) is 33.1. The number of hydrogen-bond acceptors (Lipinski definition) is 20. The summed E-state index contributed by atoms with van der Waals surface area (Å²) in [5.41, 5.74) is 4.75. The van der Waals surface area contributed by atoms with Crippen LogP contribution in [0.2, 0.25) is 0 Å². The summed E-state index contributed by atoms with van der Waals surface area (Å²) in [5.74, 6) is -4.45. The molecule has 0 N–H and O–H groups in total. The Balaban J connectivity index is 0.963. The quantitative estimate of drug-likeness (QED) is 0.0291. The van der Waals surface area contributed by atoms with Gasteiger partial charge in [0.1, 0.15) is 61.5 Å². The molecular formula is C79H80O20. The van der Waals surface area contributed by atoms with E-state index < -0.39 is 135 Å². The molecule has 0 unspecified atom stereocenters. The molecule has 4 heterocycles. The number of rotatable bonds is 31. The normalized spacial score (nSPS) is 25.2. The average Bonchev–Trinajstić information content (AvgIpc) is 1.63. The minimum Gasteiger partial charge on any atom is -0.462 e. The molecule has 0 radical (unpaired) electrons. The SMILES string of the molecule is CC(=O)OC[C@@H](OC(=O)c1ccccc1)[C@@H]1O[C@@H](O[C@H](CO[C@H]2O[C@H](COCc3ccccc3)[C@H](OCc3ccccc3)[C@H](OCc3ccccc3)[C@H]2OCc2ccccc2)[C@@H]2O[C@@H]3OC(C)(C)O[C@@H]3[C@H]2OCc2ccccc2)[C@H](OC(=O)c2ccccc2)[C@H]1OC(=O)c1ccccc1. The highest BCUT2D eigenvalue weighted by atomic mass is 16.9.